The Bertz CT molecular complexity index is 874. The zero-order valence-corrected chi connectivity index (χ0v) is 19.2. The second kappa shape index (κ2) is 11.1. The molecular weight excluding hydrogens is 415 g/mol. The highest BCUT2D eigenvalue weighted by atomic mass is 32.1. The number of anilines is 1. The van der Waals surface area contributed by atoms with E-state index in [4.69, 9.17) is 0 Å². The number of carbonyl (C=O) groups is 1. The predicted molar refractivity (Wildman–Crippen MR) is 124 cm³/mol. The highest BCUT2D eigenvalue weighted by Crippen LogP contribution is 2.18. The van der Waals surface area contributed by atoms with Crippen molar-refractivity contribution in [2.45, 2.75) is 32.7 Å². The van der Waals surface area contributed by atoms with Gasteiger partial charge in [0.05, 0.1) is 12.2 Å². The quantitative estimate of drug-likeness (QED) is 0.506. The van der Waals surface area contributed by atoms with Crippen molar-refractivity contribution in [1.29, 1.82) is 0 Å². The van der Waals surface area contributed by atoms with Crippen molar-refractivity contribution in [3.8, 4) is 0 Å². The van der Waals surface area contributed by atoms with E-state index >= 15 is 0 Å². The average Bonchev–Trinajstić information content (AvgIpc) is 3.26. The van der Waals surface area contributed by atoms with Gasteiger partial charge < -0.3 is 20.4 Å². The van der Waals surface area contributed by atoms with Gasteiger partial charge in [-0.05, 0) is 30.2 Å². The molecule has 1 aromatic heterocycles. The van der Waals surface area contributed by atoms with Gasteiger partial charge in [0, 0.05) is 57.3 Å². The molecule has 0 unspecified atom stereocenters. The first-order valence-corrected chi connectivity index (χ1v) is 11.5. The number of thiazole rings is 1. The first-order chi connectivity index (χ1) is 15.0. The molecule has 0 atom stereocenters. The normalized spacial score (nSPS) is 14.8. The minimum atomic E-state index is -0.235. The molecule has 2 heterocycles. The molecule has 1 saturated heterocycles. The first kappa shape index (κ1) is 23.0. The van der Waals surface area contributed by atoms with Crippen LogP contribution < -0.4 is 15.5 Å². The zero-order chi connectivity index (χ0) is 22.2. The van der Waals surface area contributed by atoms with Gasteiger partial charge in [-0.15, -0.1) is 11.3 Å². The molecule has 3 rings (SSSR count). The van der Waals surface area contributed by atoms with Gasteiger partial charge in [0.15, 0.2) is 5.96 Å². The van der Waals surface area contributed by atoms with Crippen LogP contribution >= 0.6 is 11.3 Å². The molecule has 0 aliphatic carbocycles. The van der Waals surface area contributed by atoms with Crippen LogP contribution in [-0.2, 0) is 11.3 Å². The Hall–Kier alpha value is -2.68. The zero-order valence-electron chi connectivity index (χ0n) is 18.4. The number of hydrogen-bond acceptors (Lipinski definition) is 5. The summed E-state index contributed by atoms with van der Waals surface area (Å²) in [5.41, 5.74) is 2.10. The maximum absolute atomic E-state index is 13.1. The fourth-order valence-corrected chi connectivity index (χ4v) is 4.26. The van der Waals surface area contributed by atoms with Crippen LogP contribution in [0.5, 0.6) is 0 Å². The van der Waals surface area contributed by atoms with Crippen LogP contribution in [0.3, 0.4) is 0 Å². The molecule has 0 spiro atoms. The Morgan fingerprint density at radius 1 is 1.19 bits per heavy atom. The molecule has 0 saturated carbocycles. The van der Waals surface area contributed by atoms with E-state index in [2.05, 4.69) is 44.7 Å². The summed E-state index contributed by atoms with van der Waals surface area (Å²) in [6.45, 7) is 8.23. The van der Waals surface area contributed by atoms with Crippen LogP contribution in [-0.4, -0.2) is 61.5 Å². The lowest BCUT2D eigenvalue weighted by Gasteiger charge is -2.36. The van der Waals surface area contributed by atoms with E-state index in [1.54, 1.807) is 30.5 Å². The molecular formula is C22H31FN6OS. The molecule has 0 bridgehead atoms. The van der Waals surface area contributed by atoms with Crippen LogP contribution in [0.1, 0.15) is 36.9 Å². The number of piperazine rings is 1. The van der Waals surface area contributed by atoms with E-state index in [9.17, 15) is 9.18 Å². The van der Waals surface area contributed by atoms with Gasteiger partial charge in [-0.2, -0.15) is 0 Å². The van der Waals surface area contributed by atoms with Crippen molar-refractivity contribution < 1.29 is 9.18 Å². The first-order valence-electron chi connectivity index (χ1n) is 10.6. The van der Waals surface area contributed by atoms with Crippen molar-refractivity contribution in [3.05, 3.63) is 46.2 Å². The van der Waals surface area contributed by atoms with Crippen molar-refractivity contribution >= 4 is 28.9 Å². The van der Waals surface area contributed by atoms with Crippen molar-refractivity contribution in [2.24, 2.45) is 4.99 Å². The molecule has 2 aromatic rings. The summed E-state index contributed by atoms with van der Waals surface area (Å²) >= 11 is 1.64. The second-order valence-corrected chi connectivity index (χ2v) is 8.71. The number of nitrogens with zero attached hydrogens (tertiary/aromatic N) is 4. The fourth-order valence-electron chi connectivity index (χ4n) is 3.36. The van der Waals surface area contributed by atoms with E-state index in [0.29, 0.717) is 44.5 Å². The molecule has 1 aromatic carbocycles. The van der Waals surface area contributed by atoms with Crippen LogP contribution in [0, 0.1) is 5.82 Å². The summed E-state index contributed by atoms with van der Waals surface area (Å²) in [4.78, 5) is 25.4. The van der Waals surface area contributed by atoms with Gasteiger partial charge in [0.1, 0.15) is 10.8 Å². The summed E-state index contributed by atoms with van der Waals surface area (Å²) in [6, 6.07) is 6.50. The maximum Gasteiger partial charge on any atom is 0.224 e. The Labute approximate surface area is 187 Å². The Morgan fingerprint density at radius 2 is 1.90 bits per heavy atom. The van der Waals surface area contributed by atoms with Crippen molar-refractivity contribution in [1.82, 2.24) is 20.5 Å². The van der Waals surface area contributed by atoms with E-state index in [1.807, 2.05) is 4.90 Å². The molecule has 168 valence electrons. The number of hydrogen-bond donors (Lipinski definition) is 2. The highest BCUT2D eigenvalue weighted by molar-refractivity contribution is 7.09. The molecule has 0 radical (unpaired) electrons. The number of carbonyl (C=O) groups excluding carboxylic acids is 1. The minimum absolute atomic E-state index is 0.128. The van der Waals surface area contributed by atoms with Gasteiger partial charge in [-0.25, -0.2) is 9.37 Å². The third-order valence-electron chi connectivity index (χ3n) is 5.25. The van der Waals surface area contributed by atoms with Gasteiger partial charge in [0.25, 0.3) is 0 Å². The summed E-state index contributed by atoms with van der Waals surface area (Å²) in [5, 5.41) is 9.55. The van der Waals surface area contributed by atoms with Crippen LogP contribution in [0.15, 0.2) is 34.6 Å². The molecule has 31 heavy (non-hydrogen) atoms. The lowest BCUT2D eigenvalue weighted by atomic mass is 10.2. The molecule has 1 fully saturated rings. The van der Waals surface area contributed by atoms with Crippen molar-refractivity contribution in [2.75, 3.05) is 44.7 Å². The number of aliphatic imine (C=N–C) groups is 1. The van der Waals surface area contributed by atoms with Gasteiger partial charge in [-0.1, -0.05) is 13.8 Å². The summed E-state index contributed by atoms with van der Waals surface area (Å²) in [6.07, 6.45) is 0.409. The number of halogens is 1. The predicted octanol–water partition coefficient (Wildman–Crippen LogP) is 2.81. The van der Waals surface area contributed by atoms with Crippen LogP contribution in [0.4, 0.5) is 10.1 Å². The highest BCUT2D eigenvalue weighted by Gasteiger charge is 2.21. The molecule has 1 aliphatic rings. The average molecular weight is 447 g/mol. The Morgan fingerprint density at radius 3 is 2.52 bits per heavy atom. The summed E-state index contributed by atoms with van der Waals surface area (Å²) in [7, 11) is 1.72. The summed E-state index contributed by atoms with van der Waals surface area (Å²) in [5.74, 6) is 0.978. The minimum Gasteiger partial charge on any atom is -0.368 e. The van der Waals surface area contributed by atoms with Crippen molar-refractivity contribution in [3.63, 3.8) is 0 Å². The van der Waals surface area contributed by atoms with E-state index in [-0.39, 0.29) is 11.7 Å². The number of rotatable bonds is 7. The largest absolute Gasteiger partial charge is 0.368 e. The lowest BCUT2D eigenvalue weighted by Crippen LogP contribution is -2.49. The number of guanidine groups is 1. The standard InChI is InChI=1S/C22H31FN6OS/c1-16(2)19-15-31-20(27-19)14-26-22(24-3)25-9-8-21(30)29-12-10-28(11-13-29)18-6-4-17(23)5-7-18/h4-7,15-16H,8-14H2,1-3H3,(H2,24,25,26). The van der Waals surface area contributed by atoms with E-state index in [1.165, 1.54) is 12.1 Å². The van der Waals surface area contributed by atoms with E-state index in [0.717, 1.165) is 29.5 Å². The third kappa shape index (κ3) is 6.65. The Balaban J connectivity index is 1.36. The molecule has 1 aliphatic heterocycles. The number of nitrogens with one attached hydrogen (secondary N) is 2. The number of amides is 1. The fraction of sp³-hybridized carbons (Fsp3) is 0.500. The topological polar surface area (TPSA) is 72.9 Å². The van der Waals surface area contributed by atoms with Gasteiger partial charge in [0.2, 0.25) is 5.91 Å². The molecule has 1 amide bonds. The van der Waals surface area contributed by atoms with Crippen LogP contribution in [0.2, 0.25) is 0 Å². The third-order valence-corrected chi connectivity index (χ3v) is 6.11. The number of benzene rings is 1. The summed E-state index contributed by atoms with van der Waals surface area (Å²) < 4.78 is 13.1. The monoisotopic (exact) mass is 446 g/mol. The van der Waals surface area contributed by atoms with Gasteiger partial charge >= 0.3 is 0 Å². The molecule has 7 nitrogen and oxygen atoms in total. The maximum atomic E-state index is 13.1. The lowest BCUT2D eigenvalue weighted by molar-refractivity contribution is -0.131. The SMILES string of the molecule is CN=C(NCCC(=O)N1CCN(c2ccc(F)cc2)CC1)NCc1nc(C(C)C)cs1. The van der Waals surface area contributed by atoms with Gasteiger partial charge in [-0.3, -0.25) is 9.79 Å². The van der Waals surface area contributed by atoms with Crippen LogP contribution in [0.25, 0.3) is 0 Å². The smallest absolute Gasteiger partial charge is 0.224 e. The van der Waals surface area contributed by atoms with E-state index < -0.39 is 0 Å². The molecule has 2 N–H and O–H groups in total. The second-order valence-electron chi connectivity index (χ2n) is 7.77. The molecule has 9 heteroatoms. The number of aromatic nitrogens is 1. The Kier molecular flexibility index (Phi) is 8.22.